The lowest BCUT2D eigenvalue weighted by atomic mass is 10.1. The number of furan rings is 1. The topological polar surface area (TPSA) is 97.4 Å². The number of rotatable bonds is 5. The molecule has 0 saturated heterocycles. The molecule has 2 amide bonds. The highest BCUT2D eigenvalue weighted by Crippen LogP contribution is 2.19. The zero-order valence-corrected chi connectivity index (χ0v) is 12.6. The standard InChI is InChI=1S/C16H19N3O3/c1-10-4-3-5-11(2)15(10)19-14(20)8-18-16(21)12-6-13(7-17)22-9-12/h3-6,9H,7-8,17H2,1-2H3,(H,18,21)(H,19,20). The van der Waals surface area contributed by atoms with Crippen LogP contribution in [0.3, 0.4) is 0 Å². The molecule has 0 radical (unpaired) electrons. The lowest BCUT2D eigenvalue weighted by Crippen LogP contribution is -2.33. The van der Waals surface area contributed by atoms with Crippen LogP contribution in [0.15, 0.2) is 34.9 Å². The summed E-state index contributed by atoms with van der Waals surface area (Å²) in [6.45, 7) is 3.94. The van der Waals surface area contributed by atoms with Crippen LogP contribution in [0.25, 0.3) is 0 Å². The lowest BCUT2D eigenvalue weighted by molar-refractivity contribution is -0.115. The number of nitrogens with two attached hydrogens (primary N) is 1. The average Bonchev–Trinajstić information content (AvgIpc) is 2.98. The van der Waals surface area contributed by atoms with Gasteiger partial charge in [0.15, 0.2) is 0 Å². The highest BCUT2D eigenvalue weighted by atomic mass is 16.3. The summed E-state index contributed by atoms with van der Waals surface area (Å²) < 4.78 is 5.08. The number of carbonyl (C=O) groups is 2. The minimum Gasteiger partial charge on any atom is -0.467 e. The second-order valence-electron chi connectivity index (χ2n) is 5.00. The predicted molar refractivity (Wildman–Crippen MR) is 83.5 cm³/mol. The van der Waals surface area contributed by atoms with Crippen LogP contribution < -0.4 is 16.4 Å². The number of para-hydroxylation sites is 1. The first kappa shape index (κ1) is 15.8. The second kappa shape index (κ2) is 6.91. The van der Waals surface area contributed by atoms with Crippen molar-refractivity contribution in [3.05, 3.63) is 53.0 Å². The molecule has 0 aliphatic rings. The van der Waals surface area contributed by atoms with E-state index in [1.807, 2.05) is 32.0 Å². The fourth-order valence-corrected chi connectivity index (χ4v) is 2.06. The molecule has 6 nitrogen and oxygen atoms in total. The molecule has 1 heterocycles. The van der Waals surface area contributed by atoms with Crippen molar-refractivity contribution in [1.29, 1.82) is 0 Å². The zero-order valence-electron chi connectivity index (χ0n) is 12.6. The summed E-state index contributed by atoms with van der Waals surface area (Å²) in [5.41, 5.74) is 8.48. The van der Waals surface area contributed by atoms with E-state index in [-0.39, 0.29) is 24.9 Å². The molecule has 0 aliphatic heterocycles. The Bertz CT molecular complexity index is 671. The fraction of sp³-hybridized carbons (Fsp3) is 0.250. The van der Waals surface area contributed by atoms with Crippen molar-refractivity contribution in [3.8, 4) is 0 Å². The molecular formula is C16H19N3O3. The quantitative estimate of drug-likeness (QED) is 0.783. The van der Waals surface area contributed by atoms with Gasteiger partial charge in [-0.1, -0.05) is 18.2 Å². The summed E-state index contributed by atoms with van der Waals surface area (Å²) in [5, 5.41) is 5.35. The largest absolute Gasteiger partial charge is 0.467 e. The molecule has 4 N–H and O–H groups in total. The Balaban J connectivity index is 1.91. The van der Waals surface area contributed by atoms with Gasteiger partial charge in [-0.2, -0.15) is 0 Å². The van der Waals surface area contributed by atoms with Crippen LogP contribution in [0.1, 0.15) is 27.2 Å². The number of carbonyl (C=O) groups excluding carboxylic acids is 2. The molecule has 1 aromatic carbocycles. The molecule has 0 unspecified atom stereocenters. The molecular weight excluding hydrogens is 282 g/mol. The zero-order chi connectivity index (χ0) is 16.1. The molecule has 0 bridgehead atoms. The van der Waals surface area contributed by atoms with Gasteiger partial charge >= 0.3 is 0 Å². The normalized spacial score (nSPS) is 10.3. The van der Waals surface area contributed by atoms with E-state index >= 15 is 0 Å². The number of benzene rings is 1. The summed E-state index contributed by atoms with van der Waals surface area (Å²) >= 11 is 0. The van der Waals surface area contributed by atoms with E-state index in [4.69, 9.17) is 10.2 Å². The third-order valence-electron chi connectivity index (χ3n) is 3.27. The minimum atomic E-state index is -0.375. The van der Waals surface area contributed by atoms with Gasteiger partial charge in [0.25, 0.3) is 5.91 Å². The van der Waals surface area contributed by atoms with Crippen molar-refractivity contribution in [3.63, 3.8) is 0 Å². The molecule has 22 heavy (non-hydrogen) atoms. The van der Waals surface area contributed by atoms with Gasteiger partial charge in [-0.15, -0.1) is 0 Å². The van der Waals surface area contributed by atoms with Gasteiger partial charge < -0.3 is 20.8 Å². The van der Waals surface area contributed by atoms with Gasteiger partial charge in [0.05, 0.1) is 18.7 Å². The molecule has 0 atom stereocenters. The summed E-state index contributed by atoms with van der Waals surface area (Å²) in [5.74, 6) is -0.140. The first-order valence-corrected chi connectivity index (χ1v) is 6.93. The van der Waals surface area contributed by atoms with Gasteiger partial charge in [-0.3, -0.25) is 9.59 Å². The number of aryl methyl sites for hydroxylation is 2. The second-order valence-corrected chi connectivity index (χ2v) is 5.00. The molecule has 2 aromatic rings. The Kier molecular flexibility index (Phi) is 4.95. The molecule has 116 valence electrons. The van der Waals surface area contributed by atoms with E-state index < -0.39 is 0 Å². The number of hydrogen-bond acceptors (Lipinski definition) is 4. The summed E-state index contributed by atoms with van der Waals surface area (Å²) in [6, 6.07) is 7.32. The summed E-state index contributed by atoms with van der Waals surface area (Å²) in [6.07, 6.45) is 1.32. The van der Waals surface area contributed by atoms with Crippen LogP contribution in [0, 0.1) is 13.8 Å². The number of amides is 2. The first-order chi connectivity index (χ1) is 10.5. The molecule has 1 aromatic heterocycles. The number of nitrogens with one attached hydrogen (secondary N) is 2. The lowest BCUT2D eigenvalue weighted by Gasteiger charge is -2.11. The maximum Gasteiger partial charge on any atom is 0.254 e. The van der Waals surface area contributed by atoms with Gasteiger partial charge in [0.1, 0.15) is 12.0 Å². The van der Waals surface area contributed by atoms with Crippen LogP contribution in [-0.4, -0.2) is 18.4 Å². The predicted octanol–water partition coefficient (Wildman–Crippen LogP) is 1.72. The Hall–Kier alpha value is -2.60. The van der Waals surface area contributed by atoms with Crippen molar-refractivity contribution in [2.24, 2.45) is 5.73 Å². The van der Waals surface area contributed by atoms with Gasteiger partial charge in [0, 0.05) is 5.69 Å². The van der Waals surface area contributed by atoms with Crippen molar-refractivity contribution in [1.82, 2.24) is 5.32 Å². The molecule has 6 heteroatoms. The molecule has 0 aliphatic carbocycles. The summed E-state index contributed by atoms with van der Waals surface area (Å²) in [4.78, 5) is 23.8. The van der Waals surface area contributed by atoms with Crippen LogP contribution in [0.5, 0.6) is 0 Å². The number of anilines is 1. The van der Waals surface area contributed by atoms with Crippen molar-refractivity contribution in [2.75, 3.05) is 11.9 Å². The molecule has 0 fully saturated rings. The van der Waals surface area contributed by atoms with Gasteiger partial charge in [0.2, 0.25) is 5.91 Å². The summed E-state index contributed by atoms with van der Waals surface area (Å²) in [7, 11) is 0. The van der Waals surface area contributed by atoms with E-state index in [0.717, 1.165) is 16.8 Å². The third kappa shape index (κ3) is 3.73. The SMILES string of the molecule is Cc1cccc(C)c1NC(=O)CNC(=O)c1coc(CN)c1. The maximum atomic E-state index is 11.9. The Labute approximate surface area is 128 Å². The van der Waals surface area contributed by atoms with E-state index in [9.17, 15) is 9.59 Å². The molecule has 0 saturated carbocycles. The molecule has 2 rings (SSSR count). The van der Waals surface area contributed by atoms with E-state index in [1.165, 1.54) is 6.26 Å². The number of hydrogen-bond donors (Lipinski definition) is 3. The monoisotopic (exact) mass is 301 g/mol. The van der Waals surface area contributed by atoms with Crippen molar-refractivity contribution >= 4 is 17.5 Å². The van der Waals surface area contributed by atoms with E-state index in [1.54, 1.807) is 6.07 Å². The highest BCUT2D eigenvalue weighted by Gasteiger charge is 2.12. The Morgan fingerprint density at radius 2 is 1.91 bits per heavy atom. The molecule has 0 spiro atoms. The minimum absolute atomic E-state index is 0.115. The van der Waals surface area contributed by atoms with Crippen LogP contribution in [0.4, 0.5) is 5.69 Å². The first-order valence-electron chi connectivity index (χ1n) is 6.93. The van der Waals surface area contributed by atoms with Crippen LogP contribution in [0.2, 0.25) is 0 Å². The van der Waals surface area contributed by atoms with E-state index in [2.05, 4.69) is 10.6 Å². The van der Waals surface area contributed by atoms with Crippen molar-refractivity contribution in [2.45, 2.75) is 20.4 Å². The maximum absolute atomic E-state index is 11.9. The smallest absolute Gasteiger partial charge is 0.254 e. The Morgan fingerprint density at radius 1 is 1.23 bits per heavy atom. The average molecular weight is 301 g/mol. The van der Waals surface area contributed by atoms with Crippen LogP contribution >= 0.6 is 0 Å². The van der Waals surface area contributed by atoms with Gasteiger partial charge in [-0.25, -0.2) is 0 Å². The van der Waals surface area contributed by atoms with Crippen LogP contribution in [-0.2, 0) is 11.3 Å². The highest BCUT2D eigenvalue weighted by molar-refractivity contribution is 5.99. The van der Waals surface area contributed by atoms with Gasteiger partial charge in [-0.05, 0) is 31.0 Å². The fourth-order valence-electron chi connectivity index (χ4n) is 2.06. The Morgan fingerprint density at radius 3 is 2.50 bits per heavy atom. The van der Waals surface area contributed by atoms with Crippen molar-refractivity contribution < 1.29 is 14.0 Å². The third-order valence-corrected chi connectivity index (χ3v) is 3.27. The van der Waals surface area contributed by atoms with E-state index in [0.29, 0.717) is 11.3 Å².